The molecule has 0 aliphatic rings. The summed E-state index contributed by atoms with van der Waals surface area (Å²) in [6.07, 6.45) is 0. The maximum Gasteiger partial charge on any atom is 0.238 e. The predicted molar refractivity (Wildman–Crippen MR) is 125 cm³/mol. The first kappa shape index (κ1) is 23.7. The second-order valence-corrected chi connectivity index (χ2v) is 9.55. The first-order valence-electron chi connectivity index (χ1n) is 10.3. The van der Waals surface area contributed by atoms with Gasteiger partial charge in [0.25, 0.3) is 0 Å². The van der Waals surface area contributed by atoms with Crippen LogP contribution in [-0.2, 0) is 10.0 Å². The first-order valence-corrected chi connectivity index (χ1v) is 11.8. The van der Waals surface area contributed by atoms with E-state index in [2.05, 4.69) is 0 Å². The third-order valence-corrected chi connectivity index (χ3v) is 6.23. The van der Waals surface area contributed by atoms with Crippen molar-refractivity contribution in [3.8, 4) is 11.4 Å². The van der Waals surface area contributed by atoms with Crippen LogP contribution in [0.15, 0.2) is 59.5 Å². The SMILES string of the molecule is Cc1cccc(OCCN(C)CC(=O)c2cc(C)n(-c3ccc(S(N)(=O)=O)cc3)c2C)c1. The van der Waals surface area contributed by atoms with Crippen LogP contribution >= 0.6 is 0 Å². The number of sulfonamides is 1. The highest BCUT2D eigenvalue weighted by molar-refractivity contribution is 7.89. The van der Waals surface area contributed by atoms with Gasteiger partial charge >= 0.3 is 0 Å². The van der Waals surface area contributed by atoms with Crippen molar-refractivity contribution in [2.24, 2.45) is 5.14 Å². The number of carbonyl (C=O) groups excluding carboxylic acids is 1. The lowest BCUT2D eigenvalue weighted by molar-refractivity contribution is 0.0937. The van der Waals surface area contributed by atoms with Gasteiger partial charge < -0.3 is 9.30 Å². The minimum Gasteiger partial charge on any atom is -0.492 e. The fourth-order valence-corrected chi connectivity index (χ4v) is 4.18. The van der Waals surface area contributed by atoms with Crippen molar-refractivity contribution in [1.29, 1.82) is 0 Å². The number of carbonyl (C=O) groups is 1. The fraction of sp³-hybridized carbons (Fsp3) is 0.292. The van der Waals surface area contributed by atoms with E-state index < -0.39 is 10.0 Å². The molecule has 0 aliphatic carbocycles. The molecular formula is C24H29N3O4S. The summed E-state index contributed by atoms with van der Waals surface area (Å²) in [5.74, 6) is 0.838. The summed E-state index contributed by atoms with van der Waals surface area (Å²) < 4.78 is 30.7. The quantitative estimate of drug-likeness (QED) is 0.500. The van der Waals surface area contributed by atoms with E-state index in [1.54, 1.807) is 12.1 Å². The van der Waals surface area contributed by atoms with Crippen LogP contribution in [0.2, 0.25) is 0 Å². The van der Waals surface area contributed by atoms with Gasteiger partial charge in [0.15, 0.2) is 5.78 Å². The molecule has 8 heteroatoms. The van der Waals surface area contributed by atoms with Gasteiger partial charge in [0.05, 0.1) is 11.4 Å². The molecule has 0 unspecified atom stereocenters. The number of likely N-dealkylation sites (N-methyl/N-ethyl adjacent to an activating group) is 1. The summed E-state index contributed by atoms with van der Waals surface area (Å²) in [7, 11) is -1.86. The predicted octanol–water partition coefficient (Wildman–Crippen LogP) is 3.24. The number of hydrogen-bond donors (Lipinski definition) is 1. The average Bonchev–Trinajstić information content (AvgIpc) is 3.01. The lowest BCUT2D eigenvalue weighted by Gasteiger charge is -2.16. The van der Waals surface area contributed by atoms with Crippen LogP contribution in [0.1, 0.15) is 27.3 Å². The Balaban J connectivity index is 1.66. The first-order chi connectivity index (χ1) is 15.1. The zero-order chi connectivity index (χ0) is 23.5. The number of benzene rings is 2. The molecule has 0 spiro atoms. The van der Waals surface area contributed by atoms with Crippen molar-refractivity contribution >= 4 is 15.8 Å². The number of ether oxygens (including phenoxy) is 1. The molecule has 0 saturated carbocycles. The monoisotopic (exact) mass is 455 g/mol. The molecule has 3 rings (SSSR count). The van der Waals surface area contributed by atoms with Crippen molar-refractivity contribution in [3.63, 3.8) is 0 Å². The van der Waals surface area contributed by atoms with Gasteiger partial charge in [-0.1, -0.05) is 12.1 Å². The molecule has 0 bridgehead atoms. The molecule has 170 valence electrons. The molecule has 7 nitrogen and oxygen atoms in total. The number of primary sulfonamides is 1. The van der Waals surface area contributed by atoms with Crippen LogP contribution in [0.3, 0.4) is 0 Å². The zero-order valence-electron chi connectivity index (χ0n) is 18.8. The van der Waals surface area contributed by atoms with Gasteiger partial charge in [0, 0.05) is 29.2 Å². The van der Waals surface area contributed by atoms with E-state index in [1.165, 1.54) is 12.1 Å². The Hall–Kier alpha value is -2.94. The largest absolute Gasteiger partial charge is 0.492 e. The summed E-state index contributed by atoms with van der Waals surface area (Å²) in [6, 6.07) is 16.0. The second-order valence-electron chi connectivity index (χ2n) is 7.99. The molecule has 3 aromatic rings. The molecule has 0 amide bonds. The molecule has 0 fully saturated rings. The number of aryl methyl sites for hydroxylation is 2. The Morgan fingerprint density at radius 2 is 1.75 bits per heavy atom. The molecule has 32 heavy (non-hydrogen) atoms. The minimum atomic E-state index is -3.75. The van der Waals surface area contributed by atoms with Crippen molar-refractivity contribution in [3.05, 3.63) is 77.1 Å². The molecule has 1 aromatic heterocycles. The summed E-state index contributed by atoms with van der Waals surface area (Å²) in [5, 5.41) is 5.18. The molecule has 0 atom stereocenters. The van der Waals surface area contributed by atoms with Gasteiger partial charge in [-0.25, -0.2) is 13.6 Å². The Morgan fingerprint density at radius 1 is 1.06 bits per heavy atom. The van der Waals surface area contributed by atoms with Crippen LogP contribution in [0.4, 0.5) is 0 Å². The highest BCUT2D eigenvalue weighted by Gasteiger charge is 2.18. The Kier molecular flexibility index (Phi) is 7.18. The number of nitrogens with zero attached hydrogens (tertiary/aromatic N) is 2. The third-order valence-electron chi connectivity index (χ3n) is 5.30. The number of aromatic nitrogens is 1. The van der Waals surface area contributed by atoms with Gasteiger partial charge in [-0.15, -0.1) is 0 Å². The Labute approximate surface area is 189 Å². The van der Waals surface area contributed by atoms with Gasteiger partial charge in [0.2, 0.25) is 10.0 Å². The summed E-state index contributed by atoms with van der Waals surface area (Å²) in [4.78, 5) is 14.9. The van der Waals surface area contributed by atoms with Crippen molar-refractivity contribution in [2.45, 2.75) is 25.7 Å². The van der Waals surface area contributed by atoms with Crippen LogP contribution in [0.25, 0.3) is 5.69 Å². The zero-order valence-corrected chi connectivity index (χ0v) is 19.6. The number of hydrogen-bond acceptors (Lipinski definition) is 5. The van der Waals surface area contributed by atoms with Crippen molar-refractivity contribution in [2.75, 3.05) is 26.7 Å². The highest BCUT2D eigenvalue weighted by atomic mass is 32.2. The summed E-state index contributed by atoms with van der Waals surface area (Å²) in [5.41, 5.74) is 4.25. The Morgan fingerprint density at radius 3 is 2.38 bits per heavy atom. The third kappa shape index (κ3) is 5.64. The maximum absolute atomic E-state index is 12.9. The van der Waals surface area contributed by atoms with Crippen LogP contribution in [0.5, 0.6) is 5.75 Å². The molecule has 0 saturated heterocycles. The molecule has 0 aliphatic heterocycles. The fourth-order valence-electron chi connectivity index (χ4n) is 3.66. The van der Waals surface area contributed by atoms with Crippen LogP contribution in [-0.4, -0.2) is 50.4 Å². The van der Waals surface area contributed by atoms with Gasteiger partial charge in [-0.3, -0.25) is 9.69 Å². The number of ketones is 1. The van der Waals surface area contributed by atoms with Gasteiger partial charge in [-0.2, -0.15) is 0 Å². The summed E-state index contributed by atoms with van der Waals surface area (Å²) >= 11 is 0. The van der Waals surface area contributed by atoms with Crippen molar-refractivity contribution in [1.82, 2.24) is 9.47 Å². The van der Waals surface area contributed by atoms with Gasteiger partial charge in [-0.05, 0) is 75.8 Å². The molecular weight excluding hydrogens is 426 g/mol. The number of Topliss-reactive ketones (excluding diaryl/α,β-unsaturated/α-hetero) is 1. The van der Waals surface area contributed by atoms with E-state index in [-0.39, 0.29) is 17.2 Å². The molecule has 1 heterocycles. The minimum absolute atomic E-state index is 0.0172. The highest BCUT2D eigenvalue weighted by Crippen LogP contribution is 2.22. The molecule has 0 radical (unpaired) electrons. The van der Waals surface area contributed by atoms with Crippen LogP contribution < -0.4 is 9.88 Å². The normalized spacial score (nSPS) is 11.7. The van der Waals surface area contributed by atoms with E-state index in [1.807, 2.05) is 67.6 Å². The second kappa shape index (κ2) is 9.68. The van der Waals surface area contributed by atoms with E-state index in [9.17, 15) is 13.2 Å². The average molecular weight is 456 g/mol. The van der Waals surface area contributed by atoms with E-state index in [0.717, 1.165) is 28.4 Å². The van der Waals surface area contributed by atoms with E-state index in [4.69, 9.17) is 9.88 Å². The Bertz CT molecular complexity index is 1210. The van der Waals surface area contributed by atoms with E-state index >= 15 is 0 Å². The van der Waals surface area contributed by atoms with Crippen LogP contribution in [0, 0.1) is 20.8 Å². The topological polar surface area (TPSA) is 94.6 Å². The summed E-state index contributed by atoms with van der Waals surface area (Å²) in [6.45, 7) is 7.19. The smallest absolute Gasteiger partial charge is 0.238 e. The van der Waals surface area contributed by atoms with E-state index in [0.29, 0.717) is 18.7 Å². The van der Waals surface area contributed by atoms with Crippen molar-refractivity contribution < 1.29 is 17.9 Å². The lowest BCUT2D eigenvalue weighted by atomic mass is 10.1. The molecule has 2 aromatic carbocycles. The lowest BCUT2D eigenvalue weighted by Crippen LogP contribution is -2.30. The molecule has 2 N–H and O–H groups in total. The number of rotatable bonds is 9. The standard InChI is InChI=1S/C24H29N3O4S/c1-17-6-5-7-21(14-17)31-13-12-26(4)16-24(28)23-15-18(2)27(19(23)3)20-8-10-22(11-9-20)32(25,29)30/h5-11,14-15H,12-13,16H2,1-4H3,(H2,25,29,30). The number of nitrogens with two attached hydrogens (primary N) is 1. The maximum atomic E-state index is 12.9. The van der Waals surface area contributed by atoms with Gasteiger partial charge in [0.1, 0.15) is 12.4 Å².